The predicted octanol–water partition coefficient (Wildman–Crippen LogP) is 4.82. The molecule has 1 atom stereocenters. The molecule has 0 bridgehead atoms. The van der Waals surface area contributed by atoms with Crippen molar-refractivity contribution >= 4 is 39.1 Å². The number of amides is 1. The number of alkyl halides is 1. The molecule has 1 rings (SSSR count). The Hall–Kier alpha value is -0.540. The van der Waals surface area contributed by atoms with Gasteiger partial charge in [-0.25, -0.2) is 0 Å². The third-order valence-electron chi connectivity index (χ3n) is 3.16. The molecule has 0 aliphatic rings. The van der Waals surface area contributed by atoms with Crippen LogP contribution in [-0.2, 0) is 17.6 Å². The summed E-state index contributed by atoms with van der Waals surface area (Å²) in [7, 11) is 0. The summed E-state index contributed by atoms with van der Waals surface area (Å²) in [6.07, 6.45) is 1.67. The highest BCUT2D eigenvalue weighted by Gasteiger charge is 2.21. The summed E-state index contributed by atoms with van der Waals surface area (Å²) in [5.41, 5.74) is 3.02. The average molecular weight is 347 g/mol. The number of anilines is 1. The molecule has 0 heterocycles. The third kappa shape index (κ3) is 3.96. The molecule has 0 fully saturated rings. The molecular weight excluding hydrogens is 326 g/mol. The second-order valence-corrected chi connectivity index (χ2v) is 6.30. The number of aryl methyl sites for hydroxylation is 1. The number of hydrogen-bond acceptors (Lipinski definition) is 1. The van der Waals surface area contributed by atoms with E-state index in [1.807, 2.05) is 32.9 Å². The summed E-state index contributed by atoms with van der Waals surface area (Å²) in [6.45, 7) is 8.15. The molecule has 1 unspecified atom stereocenters. The van der Waals surface area contributed by atoms with Crippen LogP contribution in [0.15, 0.2) is 12.1 Å². The molecule has 1 N–H and O–H groups in total. The van der Waals surface area contributed by atoms with E-state index in [4.69, 9.17) is 11.6 Å². The highest BCUT2D eigenvalue weighted by molar-refractivity contribution is 9.10. The van der Waals surface area contributed by atoms with Crippen molar-refractivity contribution in [3.05, 3.63) is 28.3 Å². The summed E-state index contributed by atoms with van der Waals surface area (Å²) in [5, 5.41) is 3.75. The highest BCUT2D eigenvalue weighted by atomic mass is 79.9. The summed E-state index contributed by atoms with van der Waals surface area (Å²) in [4.78, 5) is 12.0. The third-order valence-corrected chi connectivity index (χ3v) is 4.99. The number of halogens is 2. The zero-order valence-electron chi connectivity index (χ0n) is 11.9. The SMILES string of the molecule is CCc1ccc(Cl)c(CC)c1NC(=O)C(Br)C(C)C. The minimum Gasteiger partial charge on any atom is -0.325 e. The molecule has 19 heavy (non-hydrogen) atoms. The predicted molar refractivity (Wildman–Crippen MR) is 86.4 cm³/mol. The summed E-state index contributed by atoms with van der Waals surface area (Å²) >= 11 is 9.65. The fourth-order valence-electron chi connectivity index (χ4n) is 1.96. The Bertz CT molecular complexity index is 460. The molecule has 0 aromatic heterocycles. The number of benzene rings is 1. The zero-order chi connectivity index (χ0) is 14.6. The Balaban J connectivity index is 3.11. The first-order valence-electron chi connectivity index (χ1n) is 6.67. The van der Waals surface area contributed by atoms with E-state index in [2.05, 4.69) is 28.2 Å². The number of carbonyl (C=O) groups is 1. The van der Waals surface area contributed by atoms with Crippen LogP contribution in [0.3, 0.4) is 0 Å². The number of carbonyl (C=O) groups excluding carboxylic acids is 1. The van der Waals surface area contributed by atoms with Gasteiger partial charge in [0.1, 0.15) is 0 Å². The molecular formula is C15H21BrClNO. The average Bonchev–Trinajstić information content (AvgIpc) is 2.38. The fraction of sp³-hybridized carbons (Fsp3) is 0.533. The lowest BCUT2D eigenvalue weighted by atomic mass is 10.0. The molecule has 0 spiro atoms. The van der Waals surface area contributed by atoms with Crippen LogP contribution in [0.25, 0.3) is 0 Å². The van der Waals surface area contributed by atoms with Crippen molar-refractivity contribution in [1.82, 2.24) is 0 Å². The Kier molecular flexibility index (Phi) is 6.34. The van der Waals surface area contributed by atoms with E-state index < -0.39 is 0 Å². The molecule has 1 aromatic rings. The van der Waals surface area contributed by atoms with Gasteiger partial charge in [-0.05, 0) is 36.0 Å². The molecule has 2 nitrogen and oxygen atoms in total. The van der Waals surface area contributed by atoms with Crippen molar-refractivity contribution in [3.8, 4) is 0 Å². The zero-order valence-corrected chi connectivity index (χ0v) is 14.2. The molecule has 0 aliphatic carbocycles. The normalized spacial score (nSPS) is 12.6. The van der Waals surface area contributed by atoms with Gasteiger partial charge in [-0.2, -0.15) is 0 Å². The van der Waals surface area contributed by atoms with Crippen LogP contribution in [0, 0.1) is 5.92 Å². The topological polar surface area (TPSA) is 29.1 Å². The van der Waals surface area contributed by atoms with E-state index >= 15 is 0 Å². The van der Waals surface area contributed by atoms with E-state index in [9.17, 15) is 4.79 Å². The molecule has 0 aliphatic heterocycles. The Morgan fingerprint density at radius 3 is 2.42 bits per heavy atom. The van der Waals surface area contributed by atoms with E-state index in [-0.39, 0.29) is 16.7 Å². The standard InChI is InChI=1S/C15H21BrClNO/c1-5-10-7-8-12(17)11(6-2)14(10)18-15(19)13(16)9(3)4/h7-9,13H,5-6H2,1-4H3,(H,18,19). The Labute approximate surface area is 129 Å². The summed E-state index contributed by atoms with van der Waals surface area (Å²) in [6, 6.07) is 3.89. The molecule has 106 valence electrons. The quantitative estimate of drug-likeness (QED) is 0.761. The fourth-order valence-corrected chi connectivity index (χ4v) is 2.37. The molecule has 0 saturated heterocycles. The Morgan fingerprint density at radius 2 is 1.95 bits per heavy atom. The lowest BCUT2D eigenvalue weighted by Crippen LogP contribution is -2.28. The maximum absolute atomic E-state index is 12.2. The van der Waals surface area contributed by atoms with Crippen LogP contribution in [0.4, 0.5) is 5.69 Å². The van der Waals surface area contributed by atoms with Gasteiger partial charge in [0.15, 0.2) is 0 Å². The van der Waals surface area contributed by atoms with Gasteiger partial charge >= 0.3 is 0 Å². The van der Waals surface area contributed by atoms with Gasteiger partial charge in [0.25, 0.3) is 0 Å². The first kappa shape index (κ1) is 16.5. The summed E-state index contributed by atoms with van der Waals surface area (Å²) in [5.74, 6) is 0.232. The second kappa shape index (κ2) is 7.30. The minimum atomic E-state index is -0.194. The van der Waals surface area contributed by atoms with E-state index in [0.717, 1.165) is 29.7 Å². The van der Waals surface area contributed by atoms with Gasteiger partial charge in [-0.15, -0.1) is 0 Å². The van der Waals surface area contributed by atoms with Gasteiger partial charge in [-0.1, -0.05) is 61.3 Å². The van der Waals surface area contributed by atoms with Gasteiger partial charge in [0.2, 0.25) is 5.91 Å². The van der Waals surface area contributed by atoms with Crippen LogP contribution in [-0.4, -0.2) is 10.7 Å². The van der Waals surface area contributed by atoms with E-state index in [0.29, 0.717) is 5.02 Å². The van der Waals surface area contributed by atoms with Gasteiger partial charge < -0.3 is 5.32 Å². The van der Waals surface area contributed by atoms with Crippen molar-refractivity contribution in [2.75, 3.05) is 5.32 Å². The van der Waals surface area contributed by atoms with Crippen LogP contribution in [0.1, 0.15) is 38.8 Å². The summed E-state index contributed by atoms with van der Waals surface area (Å²) < 4.78 is 0. The monoisotopic (exact) mass is 345 g/mol. The molecule has 1 amide bonds. The molecule has 1 aromatic carbocycles. The smallest absolute Gasteiger partial charge is 0.238 e. The van der Waals surface area contributed by atoms with E-state index in [1.54, 1.807) is 0 Å². The lowest BCUT2D eigenvalue weighted by Gasteiger charge is -2.19. The number of rotatable bonds is 5. The number of nitrogens with one attached hydrogen (secondary N) is 1. The molecule has 4 heteroatoms. The molecule has 0 radical (unpaired) electrons. The number of hydrogen-bond donors (Lipinski definition) is 1. The maximum atomic E-state index is 12.2. The Morgan fingerprint density at radius 1 is 1.32 bits per heavy atom. The highest BCUT2D eigenvalue weighted by Crippen LogP contribution is 2.30. The second-order valence-electron chi connectivity index (χ2n) is 4.90. The molecule has 0 saturated carbocycles. The van der Waals surface area contributed by atoms with Crippen molar-refractivity contribution in [3.63, 3.8) is 0 Å². The van der Waals surface area contributed by atoms with Crippen LogP contribution >= 0.6 is 27.5 Å². The van der Waals surface area contributed by atoms with Crippen LogP contribution < -0.4 is 5.32 Å². The van der Waals surface area contributed by atoms with Gasteiger partial charge in [0.05, 0.1) is 4.83 Å². The van der Waals surface area contributed by atoms with Crippen molar-refractivity contribution < 1.29 is 4.79 Å². The van der Waals surface area contributed by atoms with Crippen molar-refractivity contribution in [2.45, 2.75) is 45.4 Å². The van der Waals surface area contributed by atoms with Crippen LogP contribution in [0.2, 0.25) is 5.02 Å². The first-order valence-corrected chi connectivity index (χ1v) is 7.96. The van der Waals surface area contributed by atoms with Gasteiger partial charge in [-0.3, -0.25) is 4.79 Å². The van der Waals surface area contributed by atoms with Gasteiger partial charge in [0, 0.05) is 10.7 Å². The van der Waals surface area contributed by atoms with E-state index in [1.165, 1.54) is 0 Å². The largest absolute Gasteiger partial charge is 0.325 e. The van der Waals surface area contributed by atoms with Crippen molar-refractivity contribution in [1.29, 1.82) is 0 Å². The lowest BCUT2D eigenvalue weighted by molar-refractivity contribution is -0.116. The maximum Gasteiger partial charge on any atom is 0.238 e. The minimum absolute atomic E-state index is 0.0123. The first-order chi connectivity index (χ1) is 8.92. The van der Waals surface area contributed by atoms with Crippen LogP contribution in [0.5, 0.6) is 0 Å². The van der Waals surface area contributed by atoms with Crippen molar-refractivity contribution in [2.24, 2.45) is 5.92 Å².